The van der Waals surface area contributed by atoms with Crippen molar-refractivity contribution in [3.63, 3.8) is 0 Å². The minimum absolute atomic E-state index is 0.0484. The predicted octanol–water partition coefficient (Wildman–Crippen LogP) is 3.25. The second-order valence-corrected chi connectivity index (χ2v) is 4.29. The van der Waals surface area contributed by atoms with Gasteiger partial charge in [0.2, 0.25) is 5.75 Å². The molecule has 1 aromatic rings. The van der Waals surface area contributed by atoms with Gasteiger partial charge >= 0.3 is 6.18 Å². The van der Waals surface area contributed by atoms with Crippen molar-refractivity contribution >= 4 is 22.6 Å². The van der Waals surface area contributed by atoms with Crippen LogP contribution in [0.15, 0.2) is 12.1 Å². The molecule has 3 nitrogen and oxygen atoms in total. The summed E-state index contributed by atoms with van der Waals surface area (Å²) in [6.45, 7) is -1.39. The molecule has 0 aliphatic rings. The molecule has 7 heteroatoms. The Morgan fingerprint density at radius 2 is 1.59 bits per heavy atom. The van der Waals surface area contributed by atoms with Crippen molar-refractivity contribution in [2.75, 3.05) is 20.8 Å². The van der Waals surface area contributed by atoms with Gasteiger partial charge in [0, 0.05) is 3.57 Å². The lowest BCUT2D eigenvalue weighted by molar-refractivity contribution is -0.153. The smallest absolute Gasteiger partial charge is 0.422 e. The molecule has 0 spiro atoms. The van der Waals surface area contributed by atoms with Gasteiger partial charge in [-0.3, -0.25) is 0 Å². The summed E-state index contributed by atoms with van der Waals surface area (Å²) in [5, 5.41) is 0. The number of alkyl halides is 3. The molecule has 1 rings (SSSR count). The third kappa shape index (κ3) is 4.14. The van der Waals surface area contributed by atoms with E-state index in [9.17, 15) is 13.2 Å². The molecule has 0 amide bonds. The Bertz CT molecular complexity index is 368. The van der Waals surface area contributed by atoms with Crippen molar-refractivity contribution in [3.05, 3.63) is 15.7 Å². The van der Waals surface area contributed by atoms with E-state index in [1.54, 1.807) is 12.1 Å². The van der Waals surface area contributed by atoms with Crippen LogP contribution >= 0.6 is 22.6 Å². The number of methoxy groups -OCH3 is 2. The van der Waals surface area contributed by atoms with Gasteiger partial charge in [0.05, 0.1) is 14.2 Å². The fourth-order valence-corrected chi connectivity index (χ4v) is 1.71. The summed E-state index contributed by atoms with van der Waals surface area (Å²) in [6, 6.07) is 3.13. The summed E-state index contributed by atoms with van der Waals surface area (Å²) >= 11 is 2.00. The topological polar surface area (TPSA) is 27.7 Å². The number of ether oxygens (including phenoxy) is 3. The lowest BCUT2D eigenvalue weighted by Gasteiger charge is -2.15. The van der Waals surface area contributed by atoms with E-state index in [2.05, 4.69) is 0 Å². The second kappa shape index (κ2) is 5.65. The molecule has 0 atom stereocenters. The van der Waals surface area contributed by atoms with Crippen LogP contribution < -0.4 is 14.2 Å². The molecule has 0 aliphatic carbocycles. The monoisotopic (exact) mass is 362 g/mol. The first-order valence-electron chi connectivity index (χ1n) is 4.48. The van der Waals surface area contributed by atoms with Gasteiger partial charge in [-0.05, 0) is 34.7 Å². The summed E-state index contributed by atoms with van der Waals surface area (Å²) in [4.78, 5) is 0. The van der Waals surface area contributed by atoms with E-state index in [4.69, 9.17) is 14.2 Å². The summed E-state index contributed by atoms with van der Waals surface area (Å²) in [6.07, 6.45) is -4.40. The number of hydrogen-bond acceptors (Lipinski definition) is 3. The molecule has 0 heterocycles. The highest BCUT2D eigenvalue weighted by Crippen LogP contribution is 2.39. The van der Waals surface area contributed by atoms with Gasteiger partial charge in [0.15, 0.2) is 18.1 Å². The van der Waals surface area contributed by atoms with E-state index in [1.807, 2.05) is 22.6 Å². The summed E-state index contributed by atoms with van der Waals surface area (Å²) < 4.78 is 51.6. The van der Waals surface area contributed by atoms with Crippen molar-refractivity contribution in [3.8, 4) is 17.2 Å². The van der Waals surface area contributed by atoms with Crippen LogP contribution in [-0.4, -0.2) is 27.0 Å². The summed E-state index contributed by atoms with van der Waals surface area (Å²) in [5.41, 5.74) is 0. The maximum atomic E-state index is 12.1. The Kier molecular flexibility index (Phi) is 4.72. The lowest BCUT2D eigenvalue weighted by Crippen LogP contribution is -2.19. The summed E-state index contributed by atoms with van der Waals surface area (Å²) in [5.74, 6) is 0.365. The van der Waals surface area contributed by atoms with Gasteiger partial charge in [0.25, 0.3) is 0 Å². The van der Waals surface area contributed by atoms with Gasteiger partial charge in [-0.2, -0.15) is 13.2 Å². The third-order valence-electron chi connectivity index (χ3n) is 1.81. The number of hydrogen-bond donors (Lipinski definition) is 0. The van der Waals surface area contributed by atoms with E-state index >= 15 is 0 Å². The maximum Gasteiger partial charge on any atom is 0.422 e. The highest BCUT2D eigenvalue weighted by molar-refractivity contribution is 14.1. The van der Waals surface area contributed by atoms with E-state index in [0.717, 1.165) is 3.57 Å². The van der Waals surface area contributed by atoms with Gasteiger partial charge < -0.3 is 14.2 Å². The van der Waals surface area contributed by atoms with E-state index in [-0.39, 0.29) is 17.2 Å². The van der Waals surface area contributed by atoms with Crippen LogP contribution in [0.25, 0.3) is 0 Å². The molecule has 0 N–H and O–H groups in total. The van der Waals surface area contributed by atoms with Gasteiger partial charge in [-0.25, -0.2) is 0 Å². The van der Waals surface area contributed by atoms with E-state index < -0.39 is 12.8 Å². The average molecular weight is 362 g/mol. The Labute approximate surface area is 110 Å². The van der Waals surface area contributed by atoms with Crippen LogP contribution in [0.2, 0.25) is 0 Å². The lowest BCUT2D eigenvalue weighted by atomic mass is 10.3. The average Bonchev–Trinajstić information content (AvgIpc) is 2.24. The van der Waals surface area contributed by atoms with Crippen LogP contribution in [-0.2, 0) is 0 Å². The van der Waals surface area contributed by atoms with Crippen LogP contribution in [0, 0.1) is 3.57 Å². The van der Waals surface area contributed by atoms with Crippen molar-refractivity contribution in [2.24, 2.45) is 0 Å². The molecular formula is C10H10F3IO3. The molecular weight excluding hydrogens is 352 g/mol. The first-order valence-corrected chi connectivity index (χ1v) is 5.56. The van der Waals surface area contributed by atoms with E-state index in [0.29, 0.717) is 0 Å². The van der Waals surface area contributed by atoms with Gasteiger partial charge in [0.1, 0.15) is 0 Å². The van der Waals surface area contributed by atoms with Crippen LogP contribution in [0.4, 0.5) is 13.2 Å². The van der Waals surface area contributed by atoms with Crippen LogP contribution in [0.3, 0.4) is 0 Å². The predicted molar refractivity (Wildman–Crippen MR) is 63.8 cm³/mol. The minimum atomic E-state index is -4.40. The Morgan fingerprint density at radius 1 is 1.12 bits per heavy atom. The summed E-state index contributed by atoms with van der Waals surface area (Å²) in [7, 11) is 2.70. The SMILES string of the molecule is COc1cc(I)cc(OC)c1OCC(F)(F)F. The third-order valence-corrected chi connectivity index (χ3v) is 2.43. The number of rotatable bonds is 4. The first-order chi connectivity index (χ1) is 7.87. The fraction of sp³-hybridized carbons (Fsp3) is 0.400. The Morgan fingerprint density at radius 3 is 1.94 bits per heavy atom. The first kappa shape index (κ1) is 14.2. The van der Waals surface area contributed by atoms with Gasteiger partial charge in [-0.1, -0.05) is 0 Å². The largest absolute Gasteiger partial charge is 0.493 e. The molecule has 0 fully saturated rings. The normalized spacial score (nSPS) is 11.2. The van der Waals surface area contributed by atoms with Crippen molar-refractivity contribution in [1.29, 1.82) is 0 Å². The van der Waals surface area contributed by atoms with Gasteiger partial charge in [-0.15, -0.1) is 0 Å². The second-order valence-electron chi connectivity index (χ2n) is 3.04. The number of benzene rings is 1. The molecule has 0 radical (unpaired) electrons. The Balaban J connectivity index is 3.03. The van der Waals surface area contributed by atoms with Crippen LogP contribution in [0.1, 0.15) is 0 Å². The Hall–Kier alpha value is -0.860. The number of halogens is 4. The van der Waals surface area contributed by atoms with Crippen molar-refractivity contribution < 1.29 is 27.4 Å². The zero-order valence-corrected chi connectivity index (χ0v) is 11.3. The molecule has 1 aromatic carbocycles. The molecule has 0 aliphatic heterocycles. The molecule has 0 bridgehead atoms. The zero-order chi connectivity index (χ0) is 13.1. The minimum Gasteiger partial charge on any atom is -0.493 e. The highest BCUT2D eigenvalue weighted by atomic mass is 127. The zero-order valence-electron chi connectivity index (χ0n) is 9.10. The van der Waals surface area contributed by atoms with Crippen molar-refractivity contribution in [1.82, 2.24) is 0 Å². The highest BCUT2D eigenvalue weighted by Gasteiger charge is 2.30. The maximum absolute atomic E-state index is 12.1. The molecule has 0 saturated heterocycles. The molecule has 96 valence electrons. The quantitative estimate of drug-likeness (QED) is 0.770. The molecule has 0 unspecified atom stereocenters. The van der Waals surface area contributed by atoms with Crippen LogP contribution in [0.5, 0.6) is 17.2 Å². The molecule has 0 saturated carbocycles. The fourth-order valence-electron chi connectivity index (χ4n) is 1.14. The van der Waals surface area contributed by atoms with Crippen molar-refractivity contribution in [2.45, 2.75) is 6.18 Å². The molecule has 0 aromatic heterocycles. The standard InChI is InChI=1S/C10H10F3IO3/c1-15-7-3-6(14)4-8(16-2)9(7)17-5-10(11,12)13/h3-4H,5H2,1-2H3. The molecule has 17 heavy (non-hydrogen) atoms. The van der Waals surface area contributed by atoms with E-state index in [1.165, 1.54) is 14.2 Å².